The molecule has 0 aliphatic heterocycles. The maximum absolute atomic E-state index is 11.7. The van der Waals surface area contributed by atoms with Crippen LogP contribution in [0.5, 0.6) is 0 Å². The van der Waals surface area contributed by atoms with Crippen LogP contribution in [0.2, 0.25) is 0 Å². The fourth-order valence-corrected chi connectivity index (χ4v) is 1.80. The van der Waals surface area contributed by atoms with Crippen molar-refractivity contribution in [2.45, 2.75) is 12.6 Å². The van der Waals surface area contributed by atoms with Crippen LogP contribution in [0.3, 0.4) is 0 Å². The van der Waals surface area contributed by atoms with Crippen molar-refractivity contribution in [3.8, 4) is 0 Å². The Kier molecular flexibility index (Phi) is 5.43. The Balaban J connectivity index is 2.05. The van der Waals surface area contributed by atoms with Crippen LogP contribution >= 0.6 is 11.3 Å². The molecule has 0 spiro atoms. The lowest BCUT2D eigenvalue weighted by Gasteiger charge is -2.07. The van der Waals surface area contributed by atoms with E-state index in [1.54, 1.807) is 11.3 Å². The molecule has 17 heavy (non-hydrogen) atoms. The number of thiophene rings is 1. The van der Waals surface area contributed by atoms with E-state index in [0.29, 0.717) is 13.0 Å². The third-order valence-corrected chi connectivity index (χ3v) is 2.71. The van der Waals surface area contributed by atoms with Crippen molar-refractivity contribution in [2.75, 3.05) is 19.8 Å². The van der Waals surface area contributed by atoms with Crippen molar-refractivity contribution in [2.24, 2.45) is 0 Å². The van der Waals surface area contributed by atoms with Crippen LogP contribution in [0.4, 0.5) is 13.2 Å². The summed E-state index contributed by atoms with van der Waals surface area (Å²) in [4.78, 5) is 12.2. The molecule has 1 aromatic heterocycles. The molecular weight excluding hydrogens is 255 g/mol. The van der Waals surface area contributed by atoms with Crippen molar-refractivity contribution < 1.29 is 22.7 Å². The van der Waals surface area contributed by atoms with Crippen molar-refractivity contribution in [1.82, 2.24) is 5.32 Å². The first-order chi connectivity index (χ1) is 7.97. The van der Waals surface area contributed by atoms with Gasteiger partial charge in [-0.25, -0.2) is 0 Å². The molecule has 0 saturated carbocycles. The monoisotopic (exact) mass is 267 g/mol. The van der Waals surface area contributed by atoms with E-state index in [0.717, 1.165) is 4.88 Å². The summed E-state index contributed by atoms with van der Waals surface area (Å²) in [6.45, 7) is -1.57. The number of halogens is 3. The minimum atomic E-state index is -4.39. The fraction of sp³-hybridized carbons (Fsp3) is 0.500. The third kappa shape index (κ3) is 6.96. The van der Waals surface area contributed by atoms with Crippen LogP contribution in [0.25, 0.3) is 0 Å². The predicted octanol–water partition coefficient (Wildman–Crippen LogP) is 1.99. The summed E-state index contributed by atoms with van der Waals surface area (Å²) in [5, 5.41) is 4.40. The summed E-state index contributed by atoms with van der Waals surface area (Å²) in [5.41, 5.74) is 0. The zero-order valence-corrected chi connectivity index (χ0v) is 9.74. The molecule has 0 unspecified atom stereocenters. The van der Waals surface area contributed by atoms with E-state index in [9.17, 15) is 18.0 Å². The molecule has 0 atom stereocenters. The lowest BCUT2D eigenvalue weighted by atomic mass is 10.3. The number of ether oxygens (including phenoxy) is 1. The minimum Gasteiger partial charge on any atom is -0.362 e. The highest BCUT2D eigenvalue weighted by atomic mass is 32.1. The number of alkyl halides is 3. The molecule has 1 aromatic rings. The van der Waals surface area contributed by atoms with Gasteiger partial charge in [0.25, 0.3) is 0 Å². The van der Waals surface area contributed by atoms with E-state index >= 15 is 0 Å². The number of amides is 1. The van der Waals surface area contributed by atoms with Gasteiger partial charge in [0.2, 0.25) is 5.91 Å². The highest BCUT2D eigenvalue weighted by molar-refractivity contribution is 7.09. The van der Waals surface area contributed by atoms with Gasteiger partial charge in [-0.2, -0.15) is 13.2 Å². The van der Waals surface area contributed by atoms with Gasteiger partial charge in [-0.05, 0) is 17.9 Å². The first-order valence-electron chi connectivity index (χ1n) is 4.91. The molecule has 3 nitrogen and oxygen atoms in total. The van der Waals surface area contributed by atoms with Crippen LogP contribution in [0, 0.1) is 0 Å². The van der Waals surface area contributed by atoms with Gasteiger partial charge in [-0.1, -0.05) is 6.07 Å². The first-order valence-corrected chi connectivity index (χ1v) is 5.79. The lowest BCUT2D eigenvalue weighted by Crippen LogP contribution is -2.31. The van der Waals surface area contributed by atoms with Gasteiger partial charge in [0.15, 0.2) is 0 Å². The SMILES string of the molecule is O=C(COCC(F)(F)F)NCCc1cccs1. The zero-order valence-electron chi connectivity index (χ0n) is 8.92. The molecule has 0 aliphatic carbocycles. The Hall–Kier alpha value is -1.08. The normalized spacial score (nSPS) is 11.5. The highest BCUT2D eigenvalue weighted by Crippen LogP contribution is 2.14. The number of carbonyl (C=O) groups is 1. The number of rotatable bonds is 6. The van der Waals surface area contributed by atoms with Gasteiger partial charge in [-0.15, -0.1) is 11.3 Å². The van der Waals surface area contributed by atoms with Gasteiger partial charge in [0.05, 0.1) is 0 Å². The van der Waals surface area contributed by atoms with Crippen LogP contribution in [0.15, 0.2) is 17.5 Å². The Morgan fingerprint density at radius 1 is 1.47 bits per heavy atom. The maximum Gasteiger partial charge on any atom is 0.411 e. The number of hydrogen-bond donors (Lipinski definition) is 1. The second kappa shape index (κ2) is 6.61. The molecule has 7 heteroatoms. The number of carbonyl (C=O) groups excluding carboxylic acids is 1. The van der Waals surface area contributed by atoms with Gasteiger partial charge in [-0.3, -0.25) is 4.79 Å². The fourth-order valence-electron chi connectivity index (χ4n) is 1.09. The minimum absolute atomic E-state index is 0.398. The smallest absolute Gasteiger partial charge is 0.362 e. The number of hydrogen-bond acceptors (Lipinski definition) is 3. The van der Waals surface area contributed by atoms with Crippen LogP contribution in [-0.4, -0.2) is 31.8 Å². The summed E-state index contributed by atoms with van der Waals surface area (Å²) in [6.07, 6.45) is -3.72. The molecule has 0 fully saturated rings. The van der Waals surface area contributed by atoms with E-state index in [4.69, 9.17) is 0 Å². The second-order valence-electron chi connectivity index (χ2n) is 3.29. The largest absolute Gasteiger partial charge is 0.411 e. The Morgan fingerprint density at radius 3 is 2.82 bits per heavy atom. The lowest BCUT2D eigenvalue weighted by molar-refractivity contribution is -0.175. The molecule has 1 heterocycles. The average molecular weight is 267 g/mol. The summed E-state index contributed by atoms with van der Waals surface area (Å²) in [7, 11) is 0. The van der Waals surface area contributed by atoms with Crippen LogP contribution in [-0.2, 0) is 16.0 Å². The molecule has 0 aliphatic rings. The quantitative estimate of drug-likeness (QED) is 0.856. The van der Waals surface area contributed by atoms with Crippen LogP contribution in [0.1, 0.15) is 4.88 Å². The Bertz CT molecular complexity index is 338. The molecule has 1 rings (SSSR count). The van der Waals surface area contributed by atoms with Crippen molar-refractivity contribution in [3.05, 3.63) is 22.4 Å². The first kappa shape index (κ1) is 14.0. The second-order valence-corrected chi connectivity index (χ2v) is 4.32. The average Bonchev–Trinajstić information content (AvgIpc) is 2.68. The van der Waals surface area contributed by atoms with E-state index in [-0.39, 0.29) is 0 Å². The van der Waals surface area contributed by atoms with E-state index in [1.807, 2.05) is 17.5 Å². The predicted molar refractivity (Wildman–Crippen MR) is 57.9 cm³/mol. The molecule has 96 valence electrons. The summed E-state index contributed by atoms with van der Waals surface area (Å²) in [6, 6.07) is 3.82. The molecular formula is C10H12F3NO2S. The van der Waals surface area contributed by atoms with Gasteiger partial charge < -0.3 is 10.1 Å². The van der Waals surface area contributed by atoms with E-state index < -0.39 is 25.3 Å². The molecule has 0 saturated heterocycles. The molecule has 1 N–H and O–H groups in total. The molecule has 0 aromatic carbocycles. The summed E-state index contributed by atoms with van der Waals surface area (Å²) >= 11 is 1.56. The number of nitrogens with one attached hydrogen (secondary N) is 1. The molecule has 0 radical (unpaired) electrons. The van der Waals surface area contributed by atoms with E-state index in [2.05, 4.69) is 10.1 Å². The van der Waals surface area contributed by atoms with Gasteiger partial charge in [0.1, 0.15) is 13.2 Å². The topological polar surface area (TPSA) is 38.3 Å². The molecule has 1 amide bonds. The van der Waals surface area contributed by atoms with Gasteiger partial charge in [0, 0.05) is 11.4 Å². The highest BCUT2D eigenvalue weighted by Gasteiger charge is 2.27. The van der Waals surface area contributed by atoms with Crippen molar-refractivity contribution in [3.63, 3.8) is 0 Å². The van der Waals surface area contributed by atoms with E-state index in [1.165, 1.54) is 0 Å². The maximum atomic E-state index is 11.7. The zero-order chi connectivity index (χ0) is 12.7. The molecule has 0 bridgehead atoms. The standard InChI is InChI=1S/C10H12F3NO2S/c11-10(12,13)7-16-6-9(15)14-4-3-8-2-1-5-17-8/h1-2,5H,3-4,6-7H2,(H,14,15). The van der Waals surface area contributed by atoms with Crippen LogP contribution < -0.4 is 5.32 Å². The Morgan fingerprint density at radius 2 is 2.24 bits per heavy atom. The summed E-state index contributed by atoms with van der Waals surface area (Å²) in [5.74, 6) is -0.536. The third-order valence-electron chi connectivity index (χ3n) is 1.77. The summed E-state index contributed by atoms with van der Waals surface area (Å²) < 4.78 is 39.3. The van der Waals surface area contributed by atoms with Crippen molar-refractivity contribution in [1.29, 1.82) is 0 Å². The van der Waals surface area contributed by atoms with Gasteiger partial charge >= 0.3 is 6.18 Å². The van der Waals surface area contributed by atoms with Crippen molar-refractivity contribution >= 4 is 17.2 Å². The Labute approximate surface area is 101 Å².